The van der Waals surface area contributed by atoms with Crippen LogP contribution in [0.5, 0.6) is 0 Å². The first-order chi connectivity index (χ1) is 9.58. The van der Waals surface area contributed by atoms with E-state index in [-0.39, 0.29) is 0 Å². The zero-order chi connectivity index (χ0) is 14.8. The molecule has 0 saturated carbocycles. The molecule has 0 aromatic heterocycles. The minimum absolute atomic E-state index is 0.416. The highest BCUT2D eigenvalue weighted by Gasteiger charge is 2.04. The molecule has 0 aliphatic heterocycles. The molecule has 0 heterocycles. The van der Waals surface area contributed by atoms with Crippen molar-refractivity contribution in [2.24, 2.45) is 5.92 Å². The van der Waals surface area contributed by atoms with Gasteiger partial charge in [0.2, 0.25) is 0 Å². The second kappa shape index (κ2) is 9.92. The lowest BCUT2D eigenvalue weighted by Crippen LogP contribution is -2.30. The summed E-state index contributed by atoms with van der Waals surface area (Å²) < 4.78 is 5.48. The predicted molar refractivity (Wildman–Crippen MR) is 83.8 cm³/mol. The highest BCUT2D eigenvalue weighted by atomic mass is 16.5. The van der Waals surface area contributed by atoms with Crippen molar-refractivity contribution in [1.82, 2.24) is 5.32 Å². The SMILES string of the molecule is Cc1cccc(CNCC(O)COCCCC(C)C)c1. The summed E-state index contributed by atoms with van der Waals surface area (Å²) in [5, 5.41) is 13.1. The molecular weight excluding hydrogens is 250 g/mol. The number of benzene rings is 1. The van der Waals surface area contributed by atoms with E-state index < -0.39 is 6.10 Å². The Hall–Kier alpha value is -0.900. The van der Waals surface area contributed by atoms with E-state index >= 15 is 0 Å². The third-order valence-electron chi connectivity index (χ3n) is 3.17. The first-order valence-corrected chi connectivity index (χ1v) is 7.60. The average Bonchev–Trinajstić information content (AvgIpc) is 2.38. The largest absolute Gasteiger partial charge is 0.389 e. The number of hydrogen-bond acceptors (Lipinski definition) is 3. The van der Waals surface area contributed by atoms with Gasteiger partial charge in [0.05, 0.1) is 12.7 Å². The molecule has 0 amide bonds. The third-order valence-corrected chi connectivity index (χ3v) is 3.17. The van der Waals surface area contributed by atoms with E-state index in [1.54, 1.807) is 0 Å². The number of aliphatic hydroxyl groups is 1. The number of aryl methyl sites for hydroxylation is 1. The minimum atomic E-state index is -0.432. The van der Waals surface area contributed by atoms with Gasteiger partial charge in [0.15, 0.2) is 0 Å². The topological polar surface area (TPSA) is 41.5 Å². The van der Waals surface area contributed by atoms with E-state index in [4.69, 9.17) is 4.74 Å². The van der Waals surface area contributed by atoms with Crippen LogP contribution in [0.15, 0.2) is 24.3 Å². The lowest BCUT2D eigenvalue weighted by molar-refractivity contribution is 0.0346. The van der Waals surface area contributed by atoms with Crippen LogP contribution < -0.4 is 5.32 Å². The third kappa shape index (κ3) is 8.31. The van der Waals surface area contributed by atoms with E-state index in [1.165, 1.54) is 17.5 Å². The molecular formula is C17H29NO2. The summed E-state index contributed by atoms with van der Waals surface area (Å²) in [4.78, 5) is 0. The number of rotatable bonds is 10. The van der Waals surface area contributed by atoms with Gasteiger partial charge < -0.3 is 15.2 Å². The summed E-state index contributed by atoms with van der Waals surface area (Å²) in [6, 6.07) is 8.39. The van der Waals surface area contributed by atoms with Crippen molar-refractivity contribution in [3.05, 3.63) is 35.4 Å². The highest BCUT2D eigenvalue weighted by Crippen LogP contribution is 2.04. The van der Waals surface area contributed by atoms with Gasteiger partial charge in [-0.05, 0) is 31.2 Å². The fourth-order valence-electron chi connectivity index (χ4n) is 2.08. The molecule has 1 rings (SSSR count). The molecule has 1 aromatic rings. The summed E-state index contributed by atoms with van der Waals surface area (Å²) in [6.45, 7) is 9.02. The van der Waals surface area contributed by atoms with Gasteiger partial charge in [-0.15, -0.1) is 0 Å². The summed E-state index contributed by atoms with van der Waals surface area (Å²) in [6.07, 6.45) is 1.82. The molecule has 20 heavy (non-hydrogen) atoms. The van der Waals surface area contributed by atoms with E-state index in [1.807, 2.05) is 0 Å². The van der Waals surface area contributed by atoms with Gasteiger partial charge >= 0.3 is 0 Å². The fraction of sp³-hybridized carbons (Fsp3) is 0.647. The molecule has 0 fully saturated rings. The molecule has 0 aliphatic rings. The summed E-state index contributed by atoms with van der Waals surface area (Å²) in [7, 11) is 0. The number of aliphatic hydroxyl groups excluding tert-OH is 1. The van der Waals surface area contributed by atoms with Gasteiger partial charge in [0, 0.05) is 19.7 Å². The maximum atomic E-state index is 9.80. The summed E-state index contributed by atoms with van der Waals surface area (Å²) in [5.74, 6) is 0.722. The van der Waals surface area contributed by atoms with Gasteiger partial charge in [-0.1, -0.05) is 43.7 Å². The van der Waals surface area contributed by atoms with Gasteiger partial charge in [-0.3, -0.25) is 0 Å². The number of ether oxygens (including phenoxy) is 1. The van der Waals surface area contributed by atoms with E-state index in [2.05, 4.69) is 50.4 Å². The molecule has 1 atom stereocenters. The molecule has 0 aliphatic carbocycles. The summed E-state index contributed by atoms with van der Waals surface area (Å²) >= 11 is 0. The van der Waals surface area contributed by atoms with Gasteiger partial charge in [0.25, 0.3) is 0 Å². The van der Waals surface area contributed by atoms with E-state index in [9.17, 15) is 5.11 Å². The molecule has 2 N–H and O–H groups in total. The van der Waals surface area contributed by atoms with Crippen molar-refractivity contribution in [1.29, 1.82) is 0 Å². The van der Waals surface area contributed by atoms with Crippen molar-refractivity contribution in [2.45, 2.75) is 46.3 Å². The lowest BCUT2D eigenvalue weighted by Gasteiger charge is -2.13. The predicted octanol–water partition coefficient (Wildman–Crippen LogP) is 2.90. The first-order valence-electron chi connectivity index (χ1n) is 7.60. The zero-order valence-electron chi connectivity index (χ0n) is 13.1. The molecule has 0 bridgehead atoms. The Balaban J connectivity index is 2.04. The Labute approximate surface area is 123 Å². The summed E-state index contributed by atoms with van der Waals surface area (Å²) in [5.41, 5.74) is 2.51. The Morgan fingerprint density at radius 2 is 2.10 bits per heavy atom. The molecule has 1 unspecified atom stereocenters. The first kappa shape index (κ1) is 17.2. The average molecular weight is 279 g/mol. The molecule has 3 heteroatoms. The molecule has 0 spiro atoms. The maximum Gasteiger partial charge on any atom is 0.0897 e. The Morgan fingerprint density at radius 3 is 2.80 bits per heavy atom. The quantitative estimate of drug-likeness (QED) is 0.647. The highest BCUT2D eigenvalue weighted by molar-refractivity contribution is 5.21. The van der Waals surface area contributed by atoms with Crippen molar-refractivity contribution in [3.63, 3.8) is 0 Å². The van der Waals surface area contributed by atoms with E-state index in [0.29, 0.717) is 13.2 Å². The molecule has 0 radical (unpaired) electrons. The van der Waals surface area contributed by atoms with Crippen LogP contribution in [0.2, 0.25) is 0 Å². The number of hydrogen-bond donors (Lipinski definition) is 2. The lowest BCUT2D eigenvalue weighted by atomic mass is 10.1. The zero-order valence-corrected chi connectivity index (χ0v) is 13.1. The molecule has 1 aromatic carbocycles. The van der Waals surface area contributed by atoms with Crippen molar-refractivity contribution in [2.75, 3.05) is 19.8 Å². The van der Waals surface area contributed by atoms with Gasteiger partial charge in [0.1, 0.15) is 0 Å². The van der Waals surface area contributed by atoms with Crippen LogP contribution in [0.1, 0.15) is 37.8 Å². The van der Waals surface area contributed by atoms with Crippen LogP contribution in [0.25, 0.3) is 0 Å². The van der Waals surface area contributed by atoms with Crippen LogP contribution in [-0.4, -0.2) is 31.0 Å². The minimum Gasteiger partial charge on any atom is -0.389 e. The molecule has 3 nitrogen and oxygen atoms in total. The molecule has 0 saturated heterocycles. The van der Waals surface area contributed by atoms with Crippen LogP contribution in [-0.2, 0) is 11.3 Å². The molecule has 114 valence electrons. The van der Waals surface area contributed by atoms with Crippen molar-refractivity contribution in [3.8, 4) is 0 Å². The van der Waals surface area contributed by atoms with Crippen molar-refractivity contribution < 1.29 is 9.84 Å². The van der Waals surface area contributed by atoms with Gasteiger partial charge in [-0.2, -0.15) is 0 Å². The maximum absolute atomic E-state index is 9.80. The Morgan fingerprint density at radius 1 is 1.30 bits per heavy atom. The van der Waals surface area contributed by atoms with E-state index in [0.717, 1.165) is 25.5 Å². The van der Waals surface area contributed by atoms with Crippen molar-refractivity contribution >= 4 is 0 Å². The van der Waals surface area contributed by atoms with Crippen LogP contribution in [0.4, 0.5) is 0 Å². The Bertz CT molecular complexity index is 366. The second-order valence-corrected chi connectivity index (χ2v) is 5.88. The fourth-order valence-corrected chi connectivity index (χ4v) is 2.08. The Kier molecular flexibility index (Phi) is 8.51. The standard InChI is InChI=1S/C17H29NO2/c1-14(2)6-5-9-20-13-17(19)12-18-11-16-8-4-7-15(3)10-16/h4,7-8,10,14,17-19H,5-6,9,11-13H2,1-3H3. The van der Waals surface area contributed by atoms with Crippen LogP contribution in [0.3, 0.4) is 0 Å². The number of nitrogens with one attached hydrogen (secondary N) is 1. The van der Waals surface area contributed by atoms with Gasteiger partial charge in [-0.25, -0.2) is 0 Å². The smallest absolute Gasteiger partial charge is 0.0897 e. The van der Waals surface area contributed by atoms with Crippen LogP contribution in [0, 0.1) is 12.8 Å². The van der Waals surface area contributed by atoms with Crippen LogP contribution >= 0.6 is 0 Å². The normalized spacial score (nSPS) is 12.8. The monoisotopic (exact) mass is 279 g/mol. The second-order valence-electron chi connectivity index (χ2n) is 5.88.